The molecule has 0 fully saturated rings. The number of hydrogen-bond acceptors (Lipinski definition) is 10. The van der Waals surface area contributed by atoms with Crippen molar-refractivity contribution >= 4 is 115 Å². The molecule has 0 spiro atoms. The molecule has 10 N–H and O–H groups in total. The average Bonchev–Trinajstić information content (AvgIpc) is 3.36. The second-order valence-corrected chi connectivity index (χ2v) is 17.1. The fourth-order valence-corrected chi connectivity index (χ4v) is 6.47. The number of carbonyl (C=O) groups is 5. The summed E-state index contributed by atoms with van der Waals surface area (Å²) in [4.78, 5) is 54.6. The van der Waals surface area contributed by atoms with Gasteiger partial charge >= 0.3 is 0 Å². The Bertz CT molecular complexity index is 2790. The Kier molecular flexibility index (Phi) is 27.5. The molecule has 0 aliphatic rings. The lowest BCUT2D eigenvalue weighted by Crippen LogP contribution is -2.13. The molecule has 0 radical (unpaired) electrons. The molecule has 0 saturated carbocycles. The second-order valence-electron chi connectivity index (χ2n) is 14.9. The van der Waals surface area contributed by atoms with Gasteiger partial charge in [0.1, 0.15) is 58.2 Å². The lowest BCUT2D eigenvalue weighted by atomic mass is 10.0. The van der Waals surface area contributed by atoms with Gasteiger partial charge in [0.25, 0.3) is 29.5 Å². The fraction of sp³-hybridized carbons (Fsp3) is 0.0909. The van der Waals surface area contributed by atoms with Gasteiger partial charge < -0.3 is 28.7 Å². The number of halogens is 5. The first-order chi connectivity index (χ1) is 35.3. The van der Waals surface area contributed by atoms with Crippen LogP contribution in [0.15, 0.2) is 149 Å². The second kappa shape index (κ2) is 32.2. The third kappa shape index (κ3) is 21.0. The van der Waals surface area contributed by atoms with Crippen molar-refractivity contribution in [3.05, 3.63) is 202 Å². The first kappa shape index (κ1) is 64.1. The topological polar surface area (TPSA) is 334 Å². The molecule has 75 heavy (non-hydrogen) atoms. The Labute approximate surface area is 458 Å². The van der Waals surface area contributed by atoms with E-state index in [-0.39, 0.29) is 27.9 Å². The predicted octanol–water partition coefficient (Wildman–Crippen LogP) is 10.6. The molecular formula is C55H45Cl5N10O5. The van der Waals surface area contributed by atoms with Crippen LogP contribution in [0.2, 0.25) is 25.1 Å². The molecule has 20 heteroatoms. The Balaban J connectivity index is 0.000000469. The number of hydrogen-bond donors (Lipinski definition) is 5. The normalized spacial score (nSPS) is 11.5. The number of benzene rings is 5. The van der Waals surface area contributed by atoms with Crippen molar-refractivity contribution in [2.24, 2.45) is 28.7 Å². The molecule has 380 valence electrons. The van der Waals surface area contributed by atoms with Crippen LogP contribution in [0.3, 0.4) is 0 Å². The quantitative estimate of drug-likeness (QED) is 0.0650. The molecule has 5 aromatic carbocycles. The van der Waals surface area contributed by atoms with E-state index in [1.165, 1.54) is 0 Å². The standard InChI is InChI=1S/5C11H9ClN2O/c5*1-7(10(6-13)11(14)15)8-2-4-9(12)5-3-8/h5*2-5H,1H3,(H2,14,15)/b5*10-7+. The zero-order valence-electron chi connectivity index (χ0n) is 40.6. The summed E-state index contributed by atoms with van der Waals surface area (Å²) in [5, 5.41) is 46.7. The van der Waals surface area contributed by atoms with Crippen LogP contribution < -0.4 is 28.7 Å². The summed E-state index contributed by atoms with van der Waals surface area (Å²) in [7, 11) is 0. The van der Waals surface area contributed by atoms with E-state index in [9.17, 15) is 24.0 Å². The molecule has 0 heterocycles. The Morgan fingerprint density at radius 3 is 0.467 bits per heavy atom. The SMILES string of the molecule is C/C(=C(/C#N)C(N)=O)c1ccc(Cl)cc1.C/C(=C(/C#N)C(N)=O)c1ccc(Cl)cc1.C/C(=C(/C#N)C(N)=O)c1ccc(Cl)cc1.C/C(=C(/C#N)C(N)=O)c1ccc(Cl)cc1.C/C(=C(/C#N)C(N)=O)c1ccc(Cl)cc1. The molecule has 0 aliphatic heterocycles. The van der Waals surface area contributed by atoms with E-state index < -0.39 is 29.5 Å². The molecule has 0 bridgehead atoms. The van der Waals surface area contributed by atoms with Crippen molar-refractivity contribution in [2.75, 3.05) is 0 Å². The molecule has 0 atom stereocenters. The highest BCUT2D eigenvalue weighted by molar-refractivity contribution is 6.32. The van der Waals surface area contributed by atoms with E-state index in [1.807, 2.05) is 0 Å². The summed E-state index contributed by atoms with van der Waals surface area (Å²) in [6.07, 6.45) is 0. The maximum absolute atomic E-state index is 10.9. The van der Waals surface area contributed by atoms with Crippen LogP contribution in [0.4, 0.5) is 0 Å². The van der Waals surface area contributed by atoms with Crippen molar-refractivity contribution in [1.82, 2.24) is 0 Å². The summed E-state index contributed by atoms with van der Waals surface area (Å²) < 4.78 is 0. The first-order valence-electron chi connectivity index (χ1n) is 21.1. The minimum absolute atomic E-state index is 0.0303. The van der Waals surface area contributed by atoms with Gasteiger partial charge in [0, 0.05) is 25.1 Å². The van der Waals surface area contributed by atoms with Crippen LogP contribution >= 0.6 is 58.0 Å². The third-order valence-corrected chi connectivity index (χ3v) is 11.3. The molecule has 0 unspecified atom stereocenters. The molecule has 0 saturated heterocycles. The van der Waals surface area contributed by atoms with E-state index in [4.69, 9.17) is 113 Å². The number of rotatable bonds is 10. The van der Waals surface area contributed by atoms with Gasteiger partial charge in [-0.15, -0.1) is 0 Å². The zero-order valence-corrected chi connectivity index (χ0v) is 44.4. The highest BCUT2D eigenvalue weighted by atomic mass is 35.5. The van der Waals surface area contributed by atoms with Crippen LogP contribution in [-0.2, 0) is 24.0 Å². The molecule has 15 nitrogen and oxygen atoms in total. The summed E-state index contributed by atoms with van der Waals surface area (Å²) in [6.45, 7) is 8.37. The van der Waals surface area contributed by atoms with E-state index in [2.05, 4.69) is 0 Å². The van der Waals surface area contributed by atoms with Gasteiger partial charge in [-0.05, 0) is 151 Å². The van der Waals surface area contributed by atoms with E-state index in [0.29, 0.717) is 53.0 Å². The number of carbonyl (C=O) groups excluding carboxylic acids is 5. The van der Waals surface area contributed by atoms with Gasteiger partial charge in [-0.25, -0.2) is 0 Å². The van der Waals surface area contributed by atoms with Crippen LogP contribution in [0.1, 0.15) is 62.4 Å². The van der Waals surface area contributed by atoms with Gasteiger partial charge in [-0.3, -0.25) is 24.0 Å². The average molecular weight is 1100 g/mol. The lowest BCUT2D eigenvalue weighted by Gasteiger charge is -2.03. The van der Waals surface area contributed by atoms with Crippen molar-refractivity contribution in [3.63, 3.8) is 0 Å². The lowest BCUT2D eigenvalue weighted by molar-refractivity contribution is -0.115. The maximum Gasteiger partial charge on any atom is 0.259 e. The van der Waals surface area contributed by atoms with Gasteiger partial charge in [0.15, 0.2) is 0 Å². The van der Waals surface area contributed by atoms with Gasteiger partial charge in [-0.2, -0.15) is 26.3 Å². The summed E-state index contributed by atoms with van der Waals surface area (Å²) in [6, 6.07) is 43.2. The zero-order chi connectivity index (χ0) is 57.1. The number of nitriles is 5. The predicted molar refractivity (Wildman–Crippen MR) is 294 cm³/mol. The van der Waals surface area contributed by atoms with Crippen LogP contribution in [0, 0.1) is 56.7 Å². The smallest absolute Gasteiger partial charge is 0.259 e. The third-order valence-electron chi connectivity index (χ3n) is 10.1. The fourth-order valence-electron chi connectivity index (χ4n) is 5.84. The van der Waals surface area contributed by atoms with E-state index in [0.717, 1.165) is 27.8 Å². The summed E-state index contributed by atoms with van der Waals surface area (Å²) in [5.74, 6) is -3.59. The van der Waals surface area contributed by atoms with Crippen molar-refractivity contribution in [1.29, 1.82) is 26.3 Å². The van der Waals surface area contributed by atoms with E-state index >= 15 is 0 Å². The number of allylic oxidation sites excluding steroid dienone is 5. The summed E-state index contributed by atoms with van der Waals surface area (Å²) in [5.41, 5.74) is 31.8. The van der Waals surface area contributed by atoms with Crippen molar-refractivity contribution < 1.29 is 24.0 Å². The van der Waals surface area contributed by atoms with Gasteiger partial charge in [-0.1, -0.05) is 119 Å². The summed E-state index contributed by atoms with van der Waals surface area (Å²) >= 11 is 28.6. The maximum atomic E-state index is 10.9. The monoisotopic (exact) mass is 1100 g/mol. The molecule has 0 aromatic heterocycles. The first-order valence-corrected chi connectivity index (χ1v) is 23.0. The number of nitrogens with two attached hydrogens (primary N) is 5. The van der Waals surface area contributed by atoms with Crippen molar-refractivity contribution in [2.45, 2.75) is 34.6 Å². The largest absolute Gasteiger partial charge is 0.365 e. The molecular weight excluding hydrogens is 1060 g/mol. The number of primary amides is 5. The highest BCUT2D eigenvalue weighted by Crippen LogP contribution is 2.24. The molecule has 5 rings (SSSR count). The Morgan fingerprint density at radius 1 is 0.280 bits per heavy atom. The Hall–Kier alpha value is -8.95. The van der Waals surface area contributed by atoms with Crippen LogP contribution in [-0.4, -0.2) is 29.5 Å². The minimum Gasteiger partial charge on any atom is -0.365 e. The number of nitrogens with zero attached hydrogens (tertiary/aromatic N) is 5. The molecule has 0 aliphatic carbocycles. The van der Waals surface area contributed by atoms with Gasteiger partial charge in [0.2, 0.25) is 0 Å². The minimum atomic E-state index is -0.718. The van der Waals surface area contributed by atoms with Crippen LogP contribution in [0.5, 0.6) is 0 Å². The van der Waals surface area contributed by atoms with E-state index in [1.54, 1.807) is 186 Å². The van der Waals surface area contributed by atoms with Crippen LogP contribution in [0.25, 0.3) is 27.9 Å². The van der Waals surface area contributed by atoms with Crippen molar-refractivity contribution in [3.8, 4) is 30.3 Å². The molecule has 5 aromatic rings. The highest BCUT2D eigenvalue weighted by Gasteiger charge is 2.14. The Morgan fingerprint density at radius 2 is 0.387 bits per heavy atom. The number of amides is 5. The van der Waals surface area contributed by atoms with Gasteiger partial charge in [0.05, 0.1) is 0 Å². The molecule has 5 amide bonds.